The maximum absolute atomic E-state index is 11.9. The minimum absolute atomic E-state index is 0.378. The van der Waals surface area contributed by atoms with Crippen LogP contribution in [0.25, 0.3) is 0 Å². The minimum Gasteiger partial charge on any atom is -0.497 e. The highest BCUT2D eigenvalue weighted by molar-refractivity contribution is 6.10. The lowest BCUT2D eigenvalue weighted by atomic mass is 10.2. The Hall–Kier alpha value is -2.62. The van der Waals surface area contributed by atoms with Crippen LogP contribution in [0.2, 0.25) is 0 Å². The fourth-order valence-electron chi connectivity index (χ4n) is 1.60. The van der Waals surface area contributed by atoms with E-state index in [4.69, 9.17) is 4.74 Å². The van der Waals surface area contributed by atoms with E-state index in [2.05, 4.69) is 5.32 Å². The van der Waals surface area contributed by atoms with Crippen molar-refractivity contribution in [1.82, 2.24) is 5.32 Å². The second kappa shape index (κ2) is 5.82. The molecule has 4 heteroatoms. The van der Waals surface area contributed by atoms with Crippen LogP contribution >= 0.6 is 0 Å². The zero-order valence-electron chi connectivity index (χ0n) is 10.4. The van der Waals surface area contributed by atoms with E-state index in [1.165, 1.54) is 7.11 Å². The van der Waals surface area contributed by atoms with E-state index in [0.717, 1.165) is 0 Å². The van der Waals surface area contributed by atoms with Gasteiger partial charge in [-0.3, -0.25) is 14.9 Å². The van der Waals surface area contributed by atoms with Crippen LogP contribution in [0.5, 0.6) is 5.75 Å². The van der Waals surface area contributed by atoms with Crippen molar-refractivity contribution in [3.05, 3.63) is 65.7 Å². The molecule has 96 valence electrons. The first-order valence-electron chi connectivity index (χ1n) is 5.75. The zero-order valence-corrected chi connectivity index (χ0v) is 10.4. The monoisotopic (exact) mass is 255 g/mol. The molecule has 0 bridgehead atoms. The van der Waals surface area contributed by atoms with Gasteiger partial charge in [0, 0.05) is 11.1 Å². The largest absolute Gasteiger partial charge is 0.497 e. The molecule has 0 heterocycles. The Morgan fingerprint density at radius 1 is 0.895 bits per heavy atom. The van der Waals surface area contributed by atoms with E-state index in [1.54, 1.807) is 54.6 Å². The number of amides is 2. The van der Waals surface area contributed by atoms with Gasteiger partial charge in [-0.2, -0.15) is 0 Å². The molecule has 4 nitrogen and oxygen atoms in total. The summed E-state index contributed by atoms with van der Waals surface area (Å²) in [4.78, 5) is 23.7. The van der Waals surface area contributed by atoms with Gasteiger partial charge in [0.1, 0.15) is 5.75 Å². The third-order valence-electron chi connectivity index (χ3n) is 2.59. The minimum atomic E-state index is -0.451. The maximum Gasteiger partial charge on any atom is 0.258 e. The number of ether oxygens (including phenoxy) is 1. The van der Waals surface area contributed by atoms with E-state index in [0.29, 0.717) is 16.9 Å². The van der Waals surface area contributed by atoms with Gasteiger partial charge >= 0.3 is 0 Å². The molecule has 2 aromatic carbocycles. The normalized spacial score (nSPS) is 9.74. The first-order valence-corrected chi connectivity index (χ1v) is 5.75. The summed E-state index contributed by atoms with van der Waals surface area (Å²) in [7, 11) is 1.52. The number of nitrogens with one attached hydrogen (secondary N) is 1. The number of methoxy groups -OCH3 is 1. The average Bonchev–Trinajstić information content (AvgIpc) is 2.48. The molecule has 19 heavy (non-hydrogen) atoms. The third kappa shape index (κ3) is 3.19. The Morgan fingerprint density at radius 3 is 2.21 bits per heavy atom. The predicted octanol–water partition coefficient (Wildman–Crippen LogP) is 2.27. The van der Waals surface area contributed by atoms with Crippen LogP contribution in [-0.2, 0) is 0 Å². The molecule has 0 saturated carbocycles. The number of carbonyl (C=O) groups excluding carboxylic acids is 2. The summed E-state index contributed by atoms with van der Waals surface area (Å²) < 4.78 is 5.03. The molecule has 2 rings (SSSR count). The topological polar surface area (TPSA) is 55.4 Å². The molecule has 0 radical (unpaired) electrons. The summed E-state index contributed by atoms with van der Waals surface area (Å²) in [5.41, 5.74) is 0.822. The highest BCUT2D eigenvalue weighted by Gasteiger charge is 2.12. The zero-order chi connectivity index (χ0) is 13.7. The fraction of sp³-hybridized carbons (Fsp3) is 0.0667. The van der Waals surface area contributed by atoms with E-state index in [-0.39, 0.29) is 0 Å². The van der Waals surface area contributed by atoms with Crippen molar-refractivity contribution in [2.75, 3.05) is 7.11 Å². The van der Waals surface area contributed by atoms with Crippen LogP contribution in [0.3, 0.4) is 0 Å². The number of carbonyl (C=O) groups is 2. The van der Waals surface area contributed by atoms with Gasteiger partial charge in [0.05, 0.1) is 7.11 Å². The van der Waals surface area contributed by atoms with E-state index < -0.39 is 11.8 Å². The molecular formula is C15H13NO3. The van der Waals surface area contributed by atoms with Gasteiger partial charge in [0.25, 0.3) is 11.8 Å². The number of benzene rings is 2. The molecular weight excluding hydrogens is 242 g/mol. The molecule has 0 atom stereocenters. The highest BCUT2D eigenvalue weighted by Crippen LogP contribution is 2.12. The summed E-state index contributed by atoms with van der Waals surface area (Å²) in [6, 6.07) is 15.2. The molecule has 0 spiro atoms. The Balaban J connectivity index is 2.11. The Morgan fingerprint density at radius 2 is 1.53 bits per heavy atom. The number of hydrogen-bond donors (Lipinski definition) is 1. The summed E-state index contributed by atoms with van der Waals surface area (Å²) in [5.74, 6) is -0.305. The molecule has 2 amide bonds. The van der Waals surface area contributed by atoms with Crippen LogP contribution < -0.4 is 10.1 Å². The summed E-state index contributed by atoms with van der Waals surface area (Å²) in [5, 5.41) is 2.33. The highest BCUT2D eigenvalue weighted by atomic mass is 16.5. The molecule has 1 N–H and O–H groups in total. The number of rotatable bonds is 3. The summed E-state index contributed by atoms with van der Waals surface area (Å²) in [6.45, 7) is 0. The fourth-order valence-corrected chi connectivity index (χ4v) is 1.60. The Kier molecular flexibility index (Phi) is 3.93. The standard InChI is InChI=1S/C15H13NO3/c1-19-13-9-5-8-12(10-13)15(18)16-14(17)11-6-3-2-4-7-11/h2-10H,1H3,(H,16,17,18). The lowest BCUT2D eigenvalue weighted by Crippen LogP contribution is -2.30. The van der Waals surface area contributed by atoms with Gasteiger partial charge in [-0.05, 0) is 30.3 Å². The van der Waals surface area contributed by atoms with Crippen molar-refractivity contribution in [3.63, 3.8) is 0 Å². The van der Waals surface area contributed by atoms with Crippen molar-refractivity contribution in [1.29, 1.82) is 0 Å². The molecule has 0 aromatic heterocycles. The first-order chi connectivity index (χ1) is 9.20. The van der Waals surface area contributed by atoms with Gasteiger partial charge in [0.2, 0.25) is 0 Å². The SMILES string of the molecule is COc1cccc(C(=O)NC(=O)c2ccccc2)c1. The third-order valence-corrected chi connectivity index (χ3v) is 2.59. The summed E-state index contributed by atoms with van der Waals surface area (Å²) >= 11 is 0. The lowest BCUT2D eigenvalue weighted by Gasteiger charge is -2.05. The second-order valence-electron chi connectivity index (χ2n) is 3.88. The second-order valence-corrected chi connectivity index (χ2v) is 3.88. The van der Waals surface area contributed by atoms with Gasteiger partial charge < -0.3 is 4.74 Å². The van der Waals surface area contributed by atoms with Crippen LogP contribution in [0.1, 0.15) is 20.7 Å². The van der Waals surface area contributed by atoms with Crippen molar-refractivity contribution in [2.45, 2.75) is 0 Å². The van der Waals surface area contributed by atoms with Crippen molar-refractivity contribution < 1.29 is 14.3 Å². The molecule has 0 fully saturated rings. The summed E-state index contributed by atoms with van der Waals surface area (Å²) in [6.07, 6.45) is 0. The molecule has 0 saturated heterocycles. The molecule has 2 aromatic rings. The van der Waals surface area contributed by atoms with Crippen LogP contribution in [0.15, 0.2) is 54.6 Å². The smallest absolute Gasteiger partial charge is 0.258 e. The quantitative estimate of drug-likeness (QED) is 0.856. The van der Waals surface area contributed by atoms with E-state index in [9.17, 15) is 9.59 Å². The van der Waals surface area contributed by atoms with Crippen molar-refractivity contribution >= 4 is 11.8 Å². The van der Waals surface area contributed by atoms with E-state index in [1.807, 2.05) is 0 Å². The lowest BCUT2D eigenvalue weighted by molar-refractivity contribution is 0.0849. The maximum atomic E-state index is 11.9. The number of hydrogen-bond acceptors (Lipinski definition) is 3. The molecule has 0 aliphatic rings. The van der Waals surface area contributed by atoms with Crippen LogP contribution in [0, 0.1) is 0 Å². The Labute approximate surface area is 111 Å². The molecule has 0 aliphatic carbocycles. The van der Waals surface area contributed by atoms with Crippen molar-refractivity contribution in [3.8, 4) is 5.75 Å². The Bertz CT molecular complexity index is 593. The molecule has 0 aliphatic heterocycles. The number of imide groups is 1. The van der Waals surface area contributed by atoms with Crippen LogP contribution in [-0.4, -0.2) is 18.9 Å². The van der Waals surface area contributed by atoms with E-state index >= 15 is 0 Å². The molecule has 0 unspecified atom stereocenters. The van der Waals surface area contributed by atoms with Gasteiger partial charge in [0.15, 0.2) is 0 Å². The van der Waals surface area contributed by atoms with Gasteiger partial charge in [-0.25, -0.2) is 0 Å². The predicted molar refractivity (Wildman–Crippen MR) is 71.2 cm³/mol. The van der Waals surface area contributed by atoms with Crippen molar-refractivity contribution in [2.24, 2.45) is 0 Å². The first kappa shape index (κ1) is 12.8. The van der Waals surface area contributed by atoms with Gasteiger partial charge in [-0.1, -0.05) is 24.3 Å². The van der Waals surface area contributed by atoms with Crippen LogP contribution in [0.4, 0.5) is 0 Å². The van der Waals surface area contributed by atoms with Gasteiger partial charge in [-0.15, -0.1) is 0 Å². The average molecular weight is 255 g/mol.